The van der Waals surface area contributed by atoms with Gasteiger partial charge in [0.25, 0.3) is 0 Å². The SMILES string of the molecule is CC(=O)Cc1ccccc1OC(C)=O. The molecule has 0 heterocycles. The third-order valence-electron chi connectivity index (χ3n) is 1.67. The van der Waals surface area contributed by atoms with Crippen molar-refractivity contribution in [2.24, 2.45) is 0 Å². The van der Waals surface area contributed by atoms with E-state index in [0.29, 0.717) is 12.2 Å². The van der Waals surface area contributed by atoms with Gasteiger partial charge in [-0.3, -0.25) is 9.59 Å². The first kappa shape index (κ1) is 10.4. The molecule has 0 aliphatic carbocycles. The van der Waals surface area contributed by atoms with Gasteiger partial charge in [-0.1, -0.05) is 18.2 Å². The van der Waals surface area contributed by atoms with Crippen molar-refractivity contribution in [1.29, 1.82) is 0 Å². The van der Waals surface area contributed by atoms with E-state index in [-0.39, 0.29) is 11.8 Å². The Hall–Kier alpha value is -1.64. The number of benzene rings is 1. The lowest BCUT2D eigenvalue weighted by atomic mass is 10.1. The number of carbonyl (C=O) groups excluding carboxylic acids is 2. The van der Waals surface area contributed by atoms with E-state index in [0.717, 1.165) is 5.56 Å². The van der Waals surface area contributed by atoms with E-state index in [4.69, 9.17) is 4.74 Å². The van der Waals surface area contributed by atoms with Gasteiger partial charge in [0.15, 0.2) is 0 Å². The second kappa shape index (κ2) is 4.56. The number of rotatable bonds is 3. The standard InChI is InChI=1S/C11H12O3/c1-8(12)7-10-5-3-4-6-11(10)14-9(2)13/h3-6H,7H2,1-2H3. The number of hydrogen-bond acceptors (Lipinski definition) is 3. The van der Waals surface area contributed by atoms with Gasteiger partial charge in [0.1, 0.15) is 11.5 Å². The van der Waals surface area contributed by atoms with Crippen molar-refractivity contribution in [3.63, 3.8) is 0 Å². The van der Waals surface area contributed by atoms with E-state index < -0.39 is 0 Å². The lowest BCUT2D eigenvalue weighted by molar-refractivity contribution is -0.132. The van der Waals surface area contributed by atoms with E-state index in [1.54, 1.807) is 18.2 Å². The number of esters is 1. The van der Waals surface area contributed by atoms with Gasteiger partial charge in [-0.05, 0) is 13.0 Å². The highest BCUT2D eigenvalue weighted by atomic mass is 16.5. The van der Waals surface area contributed by atoms with E-state index in [1.165, 1.54) is 13.8 Å². The molecule has 1 aromatic rings. The molecule has 0 saturated heterocycles. The summed E-state index contributed by atoms with van der Waals surface area (Å²) >= 11 is 0. The first-order valence-corrected chi connectivity index (χ1v) is 4.35. The minimum atomic E-state index is -0.374. The van der Waals surface area contributed by atoms with Gasteiger partial charge in [0.05, 0.1) is 0 Å². The fourth-order valence-electron chi connectivity index (χ4n) is 1.17. The Labute approximate surface area is 82.7 Å². The Morgan fingerprint density at radius 2 is 1.86 bits per heavy atom. The summed E-state index contributed by atoms with van der Waals surface area (Å²) in [7, 11) is 0. The second-order valence-corrected chi connectivity index (χ2v) is 3.08. The van der Waals surface area contributed by atoms with Crippen LogP contribution in [0.2, 0.25) is 0 Å². The third kappa shape index (κ3) is 3.01. The zero-order valence-electron chi connectivity index (χ0n) is 8.24. The molecule has 0 aliphatic rings. The monoisotopic (exact) mass is 192 g/mol. The highest BCUT2D eigenvalue weighted by Gasteiger charge is 2.06. The summed E-state index contributed by atoms with van der Waals surface area (Å²) < 4.78 is 4.96. The molecule has 0 N–H and O–H groups in total. The number of para-hydroxylation sites is 1. The quantitative estimate of drug-likeness (QED) is 0.541. The third-order valence-corrected chi connectivity index (χ3v) is 1.67. The zero-order chi connectivity index (χ0) is 10.6. The highest BCUT2D eigenvalue weighted by molar-refractivity contribution is 5.79. The Bertz CT molecular complexity index is 320. The maximum Gasteiger partial charge on any atom is 0.308 e. The largest absolute Gasteiger partial charge is 0.426 e. The Kier molecular flexibility index (Phi) is 3.40. The van der Waals surface area contributed by atoms with Gasteiger partial charge in [0, 0.05) is 18.9 Å². The van der Waals surface area contributed by atoms with Crippen molar-refractivity contribution >= 4 is 11.8 Å². The average Bonchev–Trinajstić information content (AvgIpc) is 2.06. The van der Waals surface area contributed by atoms with Crippen molar-refractivity contribution in [2.75, 3.05) is 0 Å². The van der Waals surface area contributed by atoms with E-state index in [2.05, 4.69) is 0 Å². The summed E-state index contributed by atoms with van der Waals surface area (Å²) in [4.78, 5) is 21.7. The predicted molar refractivity (Wildman–Crippen MR) is 52.1 cm³/mol. The molecule has 74 valence electrons. The topological polar surface area (TPSA) is 43.4 Å². The number of hydrogen-bond donors (Lipinski definition) is 0. The molecule has 1 aromatic carbocycles. The molecule has 3 nitrogen and oxygen atoms in total. The summed E-state index contributed by atoms with van der Waals surface area (Å²) in [5.74, 6) is 0.140. The molecule has 0 spiro atoms. The summed E-state index contributed by atoms with van der Waals surface area (Å²) in [5, 5.41) is 0. The summed E-state index contributed by atoms with van der Waals surface area (Å²) in [5.41, 5.74) is 0.746. The smallest absolute Gasteiger partial charge is 0.308 e. The molecule has 1 rings (SSSR count). The minimum absolute atomic E-state index is 0.0459. The summed E-state index contributed by atoms with van der Waals surface area (Å²) in [6, 6.07) is 7.03. The van der Waals surface area contributed by atoms with E-state index in [9.17, 15) is 9.59 Å². The highest BCUT2D eigenvalue weighted by Crippen LogP contribution is 2.18. The van der Waals surface area contributed by atoms with Gasteiger partial charge in [-0.25, -0.2) is 0 Å². The fraction of sp³-hybridized carbons (Fsp3) is 0.273. The summed E-state index contributed by atoms with van der Waals surface area (Å²) in [6.07, 6.45) is 0.295. The van der Waals surface area contributed by atoms with Gasteiger partial charge < -0.3 is 4.74 Å². The molecule has 0 fully saturated rings. The van der Waals surface area contributed by atoms with Crippen molar-refractivity contribution in [1.82, 2.24) is 0 Å². The maximum atomic E-state index is 10.9. The number of ketones is 1. The van der Waals surface area contributed by atoms with E-state index in [1.807, 2.05) is 6.07 Å². The Balaban J connectivity index is 2.90. The normalized spacial score (nSPS) is 9.57. The van der Waals surface area contributed by atoms with Crippen LogP contribution >= 0.6 is 0 Å². The molecular formula is C11H12O3. The fourth-order valence-corrected chi connectivity index (χ4v) is 1.17. The molecule has 0 saturated carbocycles. The van der Waals surface area contributed by atoms with Gasteiger partial charge >= 0.3 is 5.97 Å². The van der Waals surface area contributed by atoms with Crippen LogP contribution < -0.4 is 4.74 Å². The first-order valence-electron chi connectivity index (χ1n) is 4.35. The van der Waals surface area contributed by atoms with Crippen LogP contribution in [-0.4, -0.2) is 11.8 Å². The van der Waals surface area contributed by atoms with Crippen LogP contribution in [-0.2, 0) is 16.0 Å². The van der Waals surface area contributed by atoms with Crippen molar-refractivity contribution in [3.8, 4) is 5.75 Å². The maximum absolute atomic E-state index is 10.9. The zero-order valence-corrected chi connectivity index (χ0v) is 8.24. The van der Waals surface area contributed by atoms with Crippen LogP contribution in [0, 0.1) is 0 Å². The lowest BCUT2D eigenvalue weighted by Gasteiger charge is -2.06. The Morgan fingerprint density at radius 3 is 2.43 bits per heavy atom. The molecule has 14 heavy (non-hydrogen) atoms. The molecule has 0 unspecified atom stereocenters. The molecule has 3 heteroatoms. The van der Waals surface area contributed by atoms with Crippen LogP contribution in [0.15, 0.2) is 24.3 Å². The molecule has 0 aliphatic heterocycles. The molecular weight excluding hydrogens is 180 g/mol. The minimum Gasteiger partial charge on any atom is -0.426 e. The van der Waals surface area contributed by atoms with Crippen molar-refractivity contribution < 1.29 is 14.3 Å². The van der Waals surface area contributed by atoms with Crippen LogP contribution in [0.5, 0.6) is 5.75 Å². The lowest BCUT2D eigenvalue weighted by Crippen LogP contribution is -2.05. The van der Waals surface area contributed by atoms with Crippen LogP contribution in [0.25, 0.3) is 0 Å². The van der Waals surface area contributed by atoms with Crippen molar-refractivity contribution in [3.05, 3.63) is 29.8 Å². The number of carbonyl (C=O) groups is 2. The molecule has 0 radical (unpaired) electrons. The van der Waals surface area contributed by atoms with Gasteiger partial charge in [-0.15, -0.1) is 0 Å². The van der Waals surface area contributed by atoms with Gasteiger partial charge in [0.2, 0.25) is 0 Å². The average molecular weight is 192 g/mol. The molecule has 0 amide bonds. The molecule has 0 aromatic heterocycles. The van der Waals surface area contributed by atoms with Crippen LogP contribution in [0.1, 0.15) is 19.4 Å². The second-order valence-electron chi connectivity index (χ2n) is 3.08. The summed E-state index contributed by atoms with van der Waals surface area (Å²) in [6.45, 7) is 2.84. The first-order chi connectivity index (χ1) is 6.59. The van der Waals surface area contributed by atoms with Gasteiger partial charge in [-0.2, -0.15) is 0 Å². The number of ether oxygens (including phenoxy) is 1. The molecule has 0 atom stereocenters. The van der Waals surface area contributed by atoms with E-state index >= 15 is 0 Å². The van der Waals surface area contributed by atoms with Crippen LogP contribution in [0.4, 0.5) is 0 Å². The predicted octanol–water partition coefficient (Wildman–Crippen LogP) is 1.74. The van der Waals surface area contributed by atoms with Crippen molar-refractivity contribution in [2.45, 2.75) is 20.3 Å². The van der Waals surface area contributed by atoms with Crippen LogP contribution in [0.3, 0.4) is 0 Å². The number of Topliss-reactive ketones (excluding diaryl/α,β-unsaturated/α-hetero) is 1. The molecule has 0 bridgehead atoms. The Morgan fingerprint density at radius 1 is 1.21 bits per heavy atom.